The van der Waals surface area contributed by atoms with Crippen LogP contribution in [0.4, 0.5) is 0 Å². The molecule has 0 saturated heterocycles. The lowest BCUT2D eigenvalue weighted by Crippen LogP contribution is -2.57. The third-order valence-corrected chi connectivity index (χ3v) is 9.93. The lowest BCUT2D eigenvalue weighted by Gasteiger charge is -2.25. The van der Waals surface area contributed by atoms with Crippen molar-refractivity contribution in [3.63, 3.8) is 0 Å². The van der Waals surface area contributed by atoms with Crippen LogP contribution in [0, 0.1) is 27.0 Å². The number of rotatable bonds is 36. The van der Waals surface area contributed by atoms with Gasteiger partial charge in [-0.15, -0.1) is 0 Å². The van der Waals surface area contributed by atoms with E-state index in [2.05, 4.69) is 76.4 Å². The number of nitrogens with two attached hydrogens (primary N) is 7. The number of primary amides is 1. The zero-order chi connectivity index (χ0) is 53.2. The summed E-state index contributed by atoms with van der Waals surface area (Å²) in [6.45, 7) is -0.653. The SMILES string of the molecule is N=C(N)NCCC[C@@H](NC(=O)[C@@H](CCCNC(=N)N)NC(=O)[C@@H](CCCNC(=N)N)NC(=O)CNC(=O)[C@@H](CCCNC(=N)N)NC(=O)CNC(=O)[C@@H](CCCNC(=N)N)NC(=O)[C@@H](N)CS)C(N)=O. The van der Waals surface area contributed by atoms with E-state index in [-0.39, 0.29) is 132 Å². The van der Waals surface area contributed by atoms with Crippen LogP contribution in [0.1, 0.15) is 64.2 Å². The molecule has 0 aromatic heterocycles. The molecule has 0 saturated carbocycles. The predicted octanol–water partition coefficient (Wildman–Crippen LogP) is -9.30. The Morgan fingerprint density at radius 1 is 0.371 bits per heavy atom. The molecule has 396 valence electrons. The summed E-state index contributed by atoms with van der Waals surface area (Å²) in [5.41, 5.74) is 38.0. The van der Waals surface area contributed by atoms with Gasteiger partial charge in [0, 0.05) is 38.5 Å². The molecule has 0 aliphatic heterocycles. The largest absolute Gasteiger partial charge is 0.370 e. The van der Waals surface area contributed by atoms with Crippen LogP contribution < -0.4 is 104 Å². The van der Waals surface area contributed by atoms with Crippen molar-refractivity contribution in [3.05, 3.63) is 0 Å². The molecular weight excluding hydrogens is 941 g/mol. The van der Waals surface area contributed by atoms with Crippen LogP contribution >= 0.6 is 12.6 Å². The van der Waals surface area contributed by atoms with Crippen molar-refractivity contribution in [2.24, 2.45) is 40.1 Å². The van der Waals surface area contributed by atoms with Crippen LogP contribution in [0.2, 0.25) is 0 Å². The number of hydrogen-bond acceptors (Lipinski definition) is 15. The van der Waals surface area contributed by atoms with Gasteiger partial charge in [-0.2, -0.15) is 12.6 Å². The molecule has 0 rings (SSSR count). The number of carbonyl (C=O) groups excluding carboxylic acids is 8. The maximum atomic E-state index is 13.8. The molecule has 0 aliphatic rings. The minimum Gasteiger partial charge on any atom is -0.370 e. The first-order valence-corrected chi connectivity index (χ1v) is 22.7. The smallest absolute Gasteiger partial charge is 0.243 e. The molecule has 0 aromatic carbocycles. The van der Waals surface area contributed by atoms with Crippen LogP contribution in [0.5, 0.6) is 0 Å². The second-order valence-electron chi connectivity index (χ2n) is 15.5. The van der Waals surface area contributed by atoms with E-state index in [1.54, 1.807) is 0 Å². The molecule has 0 aliphatic carbocycles. The van der Waals surface area contributed by atoms with Crippen molar-refractivity contribution in [2.75, 3.05) is 51.6 Å². The summed E-state index contributed by atoms with van der Waals surface area (Å²) in [6, 6.07) is -7.35. The highest BCUT2D eigenvalue weighted by atomic mass is 32.1. The Kier molecular flexibility index (Phi) is 31.7. The molecule has 0 aromatic rings. The standard InChI is InChI=1S/C37H74N24O8S/c38-19(18-70)28(65)60-22(8-3-13-52-35(44)45)30(67)56-16-25(62)57-21(7-2-12-51-34(42)43)29(66)55-17-26(63)58-23(9-4-14-53-36(46)47)31(68)61-24(10-5-15-54-37(48)49)32(69)59-20(27(39)64)6-1-11-50-33(40)41/h19-24,70H,1-18,38H2,(H2,39,64)(H,55,66)(H,56,67)(H,57,62)(H,58,63)(H,59,69)(H,60,65)(H,61,68)(H4,40,41,50)(H4,42,43,51)(H4,44,45,52)(H4,46,47,53)(H4,48,49,54)/t19-,20+,21+,22+,23+,24+/m0/s1. The van der Waals surface area contributed by atoms with Gasteiger partial charge < -0.3 is 104 Å². The van der Waals surface area contributed by atoms with E-state index >= 15 is 0 Å². The van der Waals surface area contributed by atoms with Gasteiger partial charge in [0.1, 0.15) is 30.2 Å². The first-order valence-electron chi connectivity index (χ1n) is 22.1. The molecule has 0 unspecified atom stereocenters. The van der Waals surface area contributed by atoms with E-state index in [1.165, 1.54) is 0 Å². The lowest BCUT2D eigenvalue weighted by atomic mass is 10.1. The van der Waals surface area contributed by atoms with E-state index < -0.39 is 96.6 Å². The van der Waals surface area contributed by atoms with Gasteiger partial charge in [-0.05, 0) is 64.2 Å². The predicted molar refractivity (Wildman–Crippen MR) is 262 cm³/mol. The summed E-state index contributed by atoms with van der Waals surface area (Å²) in [6.07, 6.45) is 1.01. The fraction of sp³-hybridized carbons (Fsp3) is 0.649. The van der Waals surface area contributed by atoms with Crippen molar-refractivity contribution in [1.82, 2.24) is 63.8 Å². The van der Waals surface area contributed by atoms with Crippen molar-refractivity contribution >= 4 is 89.7 Å². The number of nitrogens with one attached hydrogen (secondary N) is 17. The number of guanidine groups is 5. The molecule has 33 heteroatoms. The highest BCUT2D eigenvalue weighted by molar-refractivity contribution is 7.80. The molecule has 0 fully saturated rings. The Morgan fingerprint density at radius 2 is 0.629 bits per heavy atom. The minimum absolute atomic E-state index is 0.0206. The fourth-order valence-electron chi connectivity index (χ4n) is 5.99. The van der Waals surface area contributed by atoms with Gasteiger partial charge in [0.15, 0.2) is 29.8 Å². The van der Waals surface area contributed by atoms with Crippen LogP contribution in [0.15, 0.2) is 0 Å². The zero-order valence-electron chi connectivity index (χ0n) is 38.9. The summed E-state index contributed by atoms with van der Waals surface area (Å²) in [4.78, 5) is 105. The lowest BCUT2D eigenvalue weighted by molar-refractivity contribution is -0.134. The maximum Gasteiger partial charge on any atom is 0.243 e. The van der Waals surface area contributed by atoms with Gasteiger partial charge in [0.25, 0.3) is 0 Å². The molecule has 0 spiro atoms. The van der Waals surface area contributed by atoms with Crippen LogP contribution in [0.25, 0.3) is 0 Å². The van der Waals surface area contributed by atoms with Gasteiger partial charge in [0.05, 0.1) is 19.1 Å². The summed E-state index contributed by atoms with van der Waals surface area (Å²) in [7, 11) is 0. The summed E-state index contributed by atoms with van der Waals surface area (Å²) < 4.78 is 0. The van der Waals surface area contributed by atoms with Crippen LogP contribution in [0.3, 0.4) is 0 Å². The molecule has 70 heavy (non-hydrogen) atoms. The van der Waals surface area contributed by atoms with Gasteiger partial charge >= 0.3 is 0 Å². The van der Waals surface area contributed by atoms with Crippen molar-refractivity contribution in [1.29, 1.82) is 27.0 Å². The highest BCUT2D eigenvalue weighted by Gasteiger charge is 2.30. The van der Waals surface area contributed by atoms with Gasteiger partial charge in [0.2, 0.25) is 47.3 Å². The maximum absolute atomic E-state index is 13.8. The molecule has 8 amide bonds. The Hall–Kier alpha value is -7.58. The Balaban J connectivity index is 6.15. The molecule has 0 heterocycles. The number of amides is 8. The van der Waals surface area contributed by atoms with E-state index in [0.717, 1.165) is 0 Å². The normalized spacial score (nSPS) is 13.1. The summed E-state index contributed by atoms with van der Waals surface area (Å²) in [5.74, 6) is -8.23. The van der Waals surface area contributed by atoms with E-state index in [0.29, 0.717) is 0 Å². The Morgan fingerprint density at radius 3 is 0.929 bits per heavy atom. The summed E-state index contributed by atoms with van der Waals surface area (Å²) in [5, 5.41) is 67.0. The summed E-state index contributed by atoms with van der Waals surface area (Å²) >= 11 is 3.99. The van der Waals surface area contributed by atoms with Crippen molar-refractivity contribution in [2.45, 2.75) is 100 Å². The molecule has 0 radical (unpaired) electrons. The van der Waals surface area contributed by atoms with Gasteiger partial charge in [-0.1, -0.05) is 0 Å². The topological polar surface area (TPSA) is 582 Å². The second kappa shape index (κ2) is 35.5. The second-order valence-corrected chi connectivity index (χ2v) is 15.8. The minimum atomic E-state index is -1.35. The first kappa shape index (κ1) is 62.4. The van der Waals surface area contributed by atoms with E-state index in [1.807, 2.05) is 0 Å². The number of hydrogen-bond donors (Lipinski definition) is 25. The zero-order valence-corrected chi connectivity index (χ0v) is 39.8. The average Bonchev–Trinajstić information content (AvgIpc) is 3.28. The van der Waals surface area contributed by atoms with E-state index in [4.69, 9.17) is 67.2 Å². The molecule has 32 nitrogen and oxygen atoms in total. The van der Waals surface area contributed by atoms with Gasteiger partial charge in [-0.3, -0.25) is 65.4 Å². The Bertz CT molecular complexity index is 1810. The number of carbonyl (C=O) groups is 8. The van der Waals surface area contributed by atoms with Crippen LogP contribution in [-0.2, 0) is 38.4 Å². The molecule has 0 bridgehead atoms. The first-order chi connectivity index (χ1) is 33.0. The van der Waals surface area contributed by atoms with Crippen molar-refractivity contribution < 1.29 is 38.4 Å². The number of thiol groups is 1. The van der Waals surface area contributed by atoms with E-state index in [9.17, 15) is 38.4 Å². The molecule has 6 atom stereocenters. The monoisotopic (exact) mass is 1010 g/mol. The highest BCUT2D eigenvalue weighted by Crippen LogP contribution is 2.06. The molecular formula is C37H74N24O8S. The van der Waals surface area contributed by atoms with Gasteiger partial charge in [-0.25, -0.2) is 0 Å². The Labute approximate surface area is 410 Å². The molecule has 31 N–H and O–H groups in total. The average molecular weight is 1020 g/mol. The van der Waals surface area contributed by atoms with Crippen LogP contribution in [-0.4, -0.2) is 165 Å². The fourth-order valence-corrected chi connectivity index (χ4v) is 6.15. The quantitative estimate of drug-likeness (QED) is 0.0120. The van der Waals surface area contributed by atoms with Crippen molar-refractivity contribution in [3.8, 4) is 0 Å². The third kappa shape index (κ3) is 30.7. The third-order valence-electron chi connectivity index (χ3n) is 9.53.